The molecule has 102 valence electrons. The highest BCUT2D eigenvalue weighted by atomic mass is 16.4. The minimum atomic E-state index is -0.550. The third-order valence-electron chi connectivity index (χ3n) is 3.46. The number of anilines is 1. The first-order valence-corrected chi connectivity index (χ1v) is 6.39. The van der Waals surface area contributed by atoms with E-state index in [0.717, 1.165) is 22.5 Å². The summed E-state index contributed by atoms with van der Waals surface area (Å²) in [5, 5.41) is 0.985. The molecule has 0 amide bonds. The van der Waals surface area contributed by atoms with E-state index in [1.54, 1.807) is 4.57 Å². The summed E-state index contributed by atoms with van der Waals surface area (Å²) in [4.78, 5) is 24.1. The standard InChI is InChI=1S/C15H14N2O3/c1-3-17-11-6-8(2)4-5-9(11)14-13(15(17)19)10(16)7-12(18)20-14/h4-7H,3,16H2,1-2H3. The highest BCUT2D eigenvalue weighted by Crippen LogP contribution is 2.25. The minimum absolute atomic E-state index is 0.158. The van der Waals surface area contributed by atoms with Crippen molar-refractivity contribution in [2.24, 2.45) is 0 Å². The molecule has 5 nitrogen and oxygen atoms in total. The number of rotatable bonds is 1. The van der Waals surface area contributed by atoms with Crippen molar-refractivity contribution in [3.8, 4) is 0 Å². The van der Waals surface area contributed by atoms with Gasteiger partial charge in [0.05, 0.1) is 11.2 Å². The van der Waals surface area contributed by atoms with Crippen LogP contribution in [-0.4, -0.2) is 4.57 Å². The molecular weight excluding hydrogens is 256 g/mol. The van der Waals surface area contributed by atoms with Gasteiger partial charge < -0.3 is 14.7 Å². The average Bonchev–Trinajstić information content (AvgIpc) is 2.38. The van der Waals surface area contributed by atoms with E-state index >= 15 is 0 Å². The van der Waals surface area contributed by atoms with E-state index < -0.39 is 5.63 Å². The molecule has 0 atom stereocenters. The molecule has 0 aliphatic rings. The van der Waals surface area contributed by atoms with Crippen LogP contribution in [0.1, 0.15) is 12.5 Å². The molecule has 0 saturated heterocycles. The van der Waals surface area contributed by atoms with Crippen LogP contribution in [-0.2, 0) is 6.54 Å². The molecule has 3 aromatic rings. The summed E-state index contributed by atoms with van der Waals surface area (Å²) in [5.41, 5.74) is 7.25. The Kier molecular flexibility index (Phi) is 2.64. The van der Waals surface area contributed by atoms with Gasteiger partial charge in [-0.1, -0.05) is 6.07 Å². The van der Waals surface area contributed by atoms with Gasteiger partial charge in [-0.2, -0.15) is 0 Å². The van der Waals surface area contributed by atoms with Gasteiger partial charge in [0.15, 0.2) is 5.58 Å². The molecule has 0 fully saturated rings. The maximum absolute atomic E-state index is 12.5. The first-order chi connectivity index (χ1) is 9.52. The molecule has 0 radical (unpaired) electrons. The Balaban J connectivity index is 2.73. The molecule has 20 heavy (non-hydrogen) atoms. The van der Waals surface area contributed by atoms with Crippen molar-refractivity contribution in [3.05, 3.63) is 50.6 Å². The van der Waals surface area contributed by atoms with Crippen LogP contribution in [0.3, 0.4) is 0 Å². The van der Waals surface area contributed by atoms with Gasteiger partial charge in [-0.25, -0.2) is 4.79 Å². The number of aromatic nitrogens is 1. The largest absolute Gasteiger partial charge is 0.422 e. The molecule has 0 unspecified atom stereocenters. The van der Waals surface area contributed by atoms with Crippen molar-refractivity contribution in [3.63, 3.8) is 0 Å². The molecule has 0 aliphatic carbocycles. The predicted octanol–water partition coefficient (Wildman–Crippen LogP) is 2.02. The van der Waals surface area contributed by atoms with Gasteiger partial charge >= 0.3 is 5.63 Å². The monoisotopic (exact) mass is 270 g/mol. The van der Waals surface area contributed by atoms with Gasteiger partial charge in [-0.15, -0.1) is 0 Å². The van der Waals surface area contributed by atoms with E-state index in [0.29, 0.717) is 6.54 Å². The van der Waals surface area contributed by atoms with E-state index in [4.69, 9.17) is 10.2 Å². The van der Waals surface area contributed by atoms with Crippen molar-refractivity contribution in [1.82, 2.24) is 4.57 Å². The number of pyridine rings is 1. The number of nitrogen functional groups attached to an aromatic ring is 1. The Morgan fingerprint density at radius 1 is 1.25 bits per heavy atom. The number of hydrogen-bond donors (Lipinski definition) is 1. The van der Waals surface area contributed by atoms with Crippen LogP contribution in [0.25, 0.3) is 21.9 Å². The lowest BCUT2D eigenvalue weighted by molar-refractivity contribution is 0.563. The second-order valence-corrected chi connectivity index (χ2v) is 4.79. The summed E-state index contributed by atoms with van der Waals surface area (Å²) in [6.07, 6.45) is 0. The third-order valence-corrected chi connectivity index (χ3v) is 3.46. The predicted molar refractivity (Wildman–Crippen MR) is 79.1 cm³/mol. The summed E-state index contributed by atoms with van der Waals surface area (Å²) in [5.74, 6) is 0. The first-order valence-electron chi connectivity index (χ1n) is 6.39. The maximum Gasteiger partial charge on any atom is 0.338 e. The summed E-state index contributed by atoms with van der Waals surface area (Å²) in [6.45, 7) is 4.36. The molecule has 2 heterocycles. The molecule has 5 heteroatoms. The Hall–Kier alpha value is -2.56. The third kappa shape index (κ3) is 1.63. The van der Waals surface area contributed by atoms with E-state index in [1.807, 2.05) is 32.0 Å². The van der Waals surface area contributed by atoms with Gasteiger partial charge in [0.1, 0.15) is 5.39 Å². The number of hydrogen-bond acceptors (Lipinski definition) is 4. The van der Waals surface area contributed by atoms with Gasteiger partial charge in [-0.05, 0) is 31.5 Å². The molecule has 0 saturated carbocycles. The van der Waals surface area contributed by atoms with Gasteiger partial charge in [0.25, 0.3) is 5.56 Å². The molecular formula is C15H14N2O3. The number of benzene rings is 1. The molecule has 0 aliphatic heterocycles. The van der Waals surface area contributed by atoms with Crippen LogP contribution < -0.4 is 16.9 Å². The minimum Gasteiger partial charge on any atom is -0.422 e. The smallest absolute Gasteiger partial charge is 0.338 e. The van der Waals surface area contributed by atoms with Crippen molar-refractivity contribution in [2.75, 3.05) is 5.73 Å². The van der Waals surface area contributed by atoms with E-state index in [2.05, 4.69) is 0 Å². The second-order valence-electron chi connectivity index (χ2n) is 4.79. The Labute approximate surface area is 114 Å². The fraction of sp³-hybridized carbons (Fsp3) is 0.200. The van der Waals surface area contributed by atoms with Crippen LogP contribution in [0.15, 0.2) is 38.3 Å². The first kappa shape index (κ1) is 12.5. The van der Waals surface area contributed by atoms with Crippen molar-refractivity contribution >= 4 is 27.6 Å². The Morgan fingerprint density at radius 2 is 2.00 bits per heavy atom. The topological polar surface area (TPSA) is 78.2 Å². The van der Waals surface area contributed by atoms with Crippen molar-refractivity contribution in [2.45, 2.75) is 20.4 Å². The zero-order chi connectivity index (χ0) is 14.4. The number of aryl methyl sites for hydroxylation is 2. The zero-order valence-corrected chi connectivity index (χ0v) is 11.3. The quantitative estimate of drug-likeness (QED) is 0.686. The normalized spacial score (nSPS) is 11.3. The van der Waals surface area contributed by atoms with Crippen LogP contribution in [0, 0.1) is 6.92 Å². The van der Waals surface area contributed by atoms with E-state index in [-0.39, 0.29) is 22.2 Å². The maximum atomic E-state index is 12.5. The van der Waals surface area contributed by atoms with Crippen LogP contribution in [0.5, 0.6) is 0 Å². The summed E-state index contributed by atoms with van der Waals surface area (Å²) < 4.78 is 6.87. The van der Waals surface area contributed by atoms with Crippen molar-refractivity contribution < 1.29 is 4.42 Å². The number of nitrogens with zero attached hydrogens (tertiary/aromatic N) is 1. The second kappa shape index (κ2) is 4.23. The Bertz CT molecular complexity index is 951. The SMILES string of the molecule is CCn1c(=O)c2c(N)cc(=O)oc2c2ccc(C)cc21. The average molecular weight is 270 g/mol. The lowest BCUT2D eigenvalue weighted by atomic mass is 10.1. The molecule has 0 spiro atoms. The van der Waals surface area contributed by atoms with E-state index in [9.17, 15) is 9.59 Å². The van der Waals surface area contributed by atoms with Gasteiger partial charge in [0, 0.05) is 18.0 Å². The summed E-state index contributed by atoms with van der Waals surface area (Å²) in [7, 11) is 0. The lowest BCUT2D eigenvalue weighted by Crippen LogP contribution is -2.22. The van der Waals surface area contributed by atoms with Gasteiger partial charge in [0.2, 0.25) is 0 Å². The molecule has 1 aromatic carbocycles. The van der Waals surface area contributed by atoms with Crippen LogP contribution in [0.4, 0.5) is 5.69 Å². The van der Waals surface area contributed by atoms with Crippen LogP contribution in [0.2, 0.25) is 0 Å². The molecule has 2 N–H and O–H groups in total. The highest BCUT2D eigenvalue weighted by molar-refractivity contribution is 6.05. The fourth-order valence-electron chi connectivity index (χ4n) is 2.54. The van der Waals surface area contributed by atoms with Crippen molar-refractivity contribution in [1.29, 1.82) is 0 Å². The number of fused-ring (bicyclic) bond motifs is 3. The lowest BCUT2D eigenvalue weighted by Gasteiger charge is -2.11. The number of nitrogens with two attached hydrogens (primary N) is 1. The molecule has 3 rings (SSSR count). The molecule has 0 bridgehead atoms. The summed E-state index contributed by atoms with van der Waals surface area (Å²) in [6, 6.07) is 6.81. The van der Waals surface area contributed by atoms with Gasteiger partial charge in [-0.3, -0.25) is 4.79 Å². The fourth-order valence-corrected chi connectivity index (χ4v) is 2.54. The van der Waals surface area contributed by atoms with E-state index in [1.165, 1.54) is 0 Å². The molecule has 2 aromatic heterocycles. The van der Waals surface area contributed by atoms with Crippen LogP contribution >= 0.6 is 0 Å². The zero-order valence-electron chi connectivity index (χ0n) is 11.3. The summed E-state index contributed by atoms with van der Waals surface area (Å²) >= 11 is 0. The highest BCUT2D eigenvalue weighted by Gasteiger charge is 2.15. The Morgan fingerprint density at radius 3 is 2.70 bits per heavy atom.